The predicted octanol–water partition coefficient (Wildman–Crippen LogP) is 13.3. The Morgan fingerprint density at radius 2 is 0.815 bits per heavy atom. The molecule has 0 spiro atoms. The third-order valence-corrected chi connectivity index (χ3v) is 10.9. The number of hydrogen-bond donors (Lipinski definition) is 0. The highest BCUT2D eigenvalue weighted by atomic mass is 14.8. The summed E-state index contributed by atoms with van der Waals surface area (Å²) < 4.78 is 0. The van der Waals surface area contributed by atoms with Gasteiger partial charge >= 0.3 is 0 Å². The summed E-state index contributed by atoms with van der Waals surface area (Å²) in [6.07, 6.45) is 3.70. The Bertz CT molecular complexity index is 2990. The fourth-order valence-electron chi connectivity index (χ4n) is 8.70. The number of benzene rings is 7. The van der Waals surface area contributed by atoms with Crippen molar-refractivity contribution < 1.29 is 0 Å². The molecule has 0 N–H and O–H groups in total. The van der Waals surface area contributed by atoms with Crippen LogP contribution in [0.3, 0.4) is 0 Å². The number of pyridine rings is 3. The predicted molar refractivity (Wildman–Crippen MR) is 224 cm³/mol. The summed E-state index contributed by atoms with van der Waals surface area (Å²) in [7, 11) is 0. The summed E-state index contributed by atoms with van der Waals surface area (Å²) >= 11 is 0. The Kier molecular flexibility index (Phi) is 6.86. The van der Waals surface area contributed by atoms with Crippen LogP contribution in [0.4, 0.5) is 0 Å². The molecule has 7 aromatic carbocycles. The van der Waals surface area contributed by atoms with E-state index in [2.05, 4.69) is 151 Å². The van der Waals surface area contributed by atoms with E-state index >= 15 is 0 Å². The van der Waals surface area contributed by atoms with Gasteiger partial charge in [-0.05, 0) is 102 Å². The third kappa shape index (κ3) is 4.59. The zero-order chi connectivity index (χ0) is 35.6. The molecule has 3 aromatic heterocycles. The molecular formula is C51H31N3. The van der Waals surface area contributed by atoms with Crippen LogP contribution in [0.5, 0.6) is 0 Å². The molecule has 54 heavy (non-hydrogen) atoms. The molecule has 0 aliphatic heterocycles. The van der Waals surface area contributed by atoms with Crippen LogP contribution in [0.1, 0.15) is 0 Å². The Hall–Kier alpha value is -7.23. The second-order valence-electron chi connectivity index (χ2n) is 13.8. The molecule has 0 unspecified atom stereocenters. The number of hydrogen-bond acceptors (Lipinski definition) is 3. The molecule has 3 nitrogen and oxygen atoms in total. The zero-order valence-electron chi connectivity index (χ0n) is 29.2. The summed E-state index contributed by atoms with van der Waals surface area (Å²) in [6.45, 7) is 0. The SMILES string of the molecule is c1ccc(-c2c3c(c(-c4ccccc4)c4ccccc24)-c2ccc(-c4ccc(-c5cccc(-c6ccccn6)n5)c5cccnc45)c4cccc-3c24)cc1. The molecule has 250 valence electrons. The second-order valence-corrected chi connectivity index (χ2v) is 13.8. The van der Waals surface area contributed by atoms with Crippen molar-refractivity contribution in [1.29, 1.82) is 0 Å². The van der Waals surface area contributed by atoms with Crippen molar-refractivity contribution >= 4 is 32.4 Å². The van der Waals surface area contributed by atoms with Crippen molar-refractivity contribution in [1.82, 2.24) is 15.0 Å². The lowest BCUT2D eigenvalue weighted by Gasteiger charge is -2.20. The van der Waals surface area contributed by atoms with Crippen LogP contribution in [-0.4, -0.2) is 15.0 Å². The largest absolute Gasteiger partial charge is 0.256 e. The fraction of sp³-hybridized carbons (Fsp3) is 0. The third-order valence-electron chi connectivity index (χ3n) is 10.9. The first kappa shape index (κ1) is 30.4. The van der Waals surface area contributed by atoms with E-state index in [-0.39, 0.29) is 0 Å². The summed E-state index contributed by atoms with van der Waals surface area (Å²) in [4.78, 5) is 14.7. The molecule has 11 rings (SSSR count). The summed E-state index contributed by atoms with van der Waals surface area (Å²) in [5.41, 5.74) is 17.0. The average Bonchev–Trinajstić information content (AvgIpc) is 3.58. The maximum Gasteiger partial charge on any atom is 0.0893 e. The lowest BCUT2D eigenvalue weighted by atomic mass is 9.82. The maximum atomic E-state index is 5.07. The van der Waals surface area contributed by atoms with Gasteiger partial charge in [0.15, 0.2) is 0 Å². The van der Waals surface area contributed by atoms with Gasteiger partial charge in [-0.2, -0.15) is 0 Å². The van der Waals surface area contributed by atoms with Crippen molar-refractivity contribution in [2.45, 2.75) is 0 Å². The van der Waals surface area contributed by atoms with Crippen LogP contribution in [0.25, 0.3) is 111 Å². The van der Waals surface area contributed by atoms with E-state index in [1.54, 1.807) is 0 Å². The quantitative estimate of drug-likeness (QED) is 0.181. The molecule has 0 amide bonds. The Morgan fingerprint density at radius 1 is 0.278 bits per heavy atom. The van der Waals surface area contributed by atoms with Gasteiger partial charge in [0, 0.05) is 28.9 Å². The molecule has 3 heterocycles. The Morgan fingerprint density at radius 3 is 1.54 bits per heavy atom. The Balaban J connectivity index is 1.17. The van der Waals surface area contributed by atoms with Gasteiger partial charge in [-0.3, -0.25) is 9.97 Å². The molecule has 0 atom stereocenters. The number of nitrogens with zero attached hydrogens (tertiary/aromatic N) is 3. The highest BCUT2D eigenvalue weighted by Crippen LogP contribution is 2.58. The molecule has 1 aliphatic carbocycles. The number of aromatic nitrogens is 3. The fourth-order valence-corrected chi connectivity index (χ4v) is 8.70. The van der Waals surface area contributed by atoms with Gasteiger partial charge in [-0.25, -0.2) is 4.98 Å². The average molecular weight is 686 g/mol. The van der Waals surface area contributed by atoms with Crippen LogP contribution >= 0.6 is 0 Å². The molecule has 0 saturated carbocycles. The minimum absolute atomic E-state index is 0.846. The van der Waals surface area contributed by atoms with Crippen molar-refractivity contribution in [3.05, 3.63) is 188 Å². The topological polar surface area (TPSA) is 38.7 Å². The standard InChI is InChI=1S/C51H31N3/c1-3-14-32(15-4-1)46-37-18-7-8-19-38(37)47(33-16-5-2-6-17-33)50-42-29-26-34(36-20-11-21-41(48(36)42)49(46)50)40-28-27-35(39-22-13-31-53-51(39)40)43-24-12-25-45(54-43)44-23-9-10-30-52-44/h1-31H. The van der Waals surface area contributed by atoms with E-state index < -0.39 is 0 Å². The van der Waals surface area contributed by atoms with E-state index in [0.29, 0.717) is 0 Å². The molecule has 0 fully saturated rings. The van der Waals surface area contributed by atoms with E-state index in [4.69, 9.17) is 9.97 Å². The van der Waals surface area contributed by atoms with E-state index in [1.807, 2.05) is 42.7 Å². The van der Waals surface area contributed by atoms with Crippen molar-refractivity contribution in [2.75, 3.05) is 0 Å². The van der Waals surface area contributed by atoms with Gasteiger partial charge in [0.25, 0.3) is 0 Å². The Labute approximate surface area is 312 Å². The van der Waals surface area contributed by atoms with Crippen LogP contribution in [0.2, 0.25) is 0 Å². The smallest absolute Gasteiger partial charge is 0.0893 e. The summed E-state index contributed by atoms with van der Waals surface area (Å²) in [6, 6.07) is 62.9. The first-order chi connectivity index (χ1) is 26.8. The molecule has 10 aromatic rings. The first-order valence-corrected chi connectivity index (χ1v) is 18.4. The maximum absolute atomic E-state index is 5.07. The minimum atomic E-state index is 0.846. The normalized spacial score (nSPS) is 11.7. The molecule has 3 heteroatoms. The van der Waals surface area contributed by atoms with Gasteiger partial charge < -0.3 is 0 Å². The van der Waals surface area contributed by atoms with Crippen molar-refractivity contribution in [2.24, 2.45) is 0 Å². The highest BCUT2D eigenvalue weighted by molar-refractivity contribution is 6.29. The van der Waals surface area contributed by atoms with Gasteiger partial charge in [0.05, 0.1) is 22.6 Å². The summed E-state index contributed by atoms with van der Waals surface area (Å²) in [5, 5.41) is 6.10. The van der Waals surface area contributed by atoms with E-state index in [1.165, 1.54) is 71.6 Å². The zero-order valence-corrected chi connectivity index (χ0v) is 29.2. The van der Waals surface area contributed by atoms with E-state index in [0.717, 1.165) is 39.1 Å². The van der Waals surface area contributed by atoms with Gasteiger partial charge in [0.2, 0.25) is 0 Å². The number of rotatable bonds is 5. The minimum Gasteiger partial charge on any atom is -0.256 e. The van der Waals surface area contributed by atoms with Crippen molar-refractivity contribution in [3.63, 3.8) is 0 Å². The second kappa shape index (κ2) is 12.2. The summed E-state index contributed by atoms with van der Waals surface area (Å²) in [5.74, 6) is 0. The van der Waals surface area contributed by atoms with Crippen LogP contribution in [-0.2, 0) is 0 Å². The van der Waals surface area contributed by atoms with Crippen LogP contribution < -0.4 is 0 Å². The van der Waals surface area contributed by atoms with Crippen molar-refractivity contribution in [3.8, 4) is 78.3 Å². The molecule has 0 radical (unpaired) electrons. The van der Waals surface area contributed by atoms with Gasteiger partial charge in [-0.1, -0.05) is 146 Å². The van der Waals surface area contributed by atoms with E-state index in [9.17, 15) is 0 Å². The van der Waals surface area contributed by atoms with Crippen LogP contribution in [0, 0.1) is 0 Å². The lowest BCUT2D eigenvalue weighted by molar-refractivity contribution is 1.25. The molecule has 1 aliphatic rings. The highest BCUT2D eigenvalue weighted by Gasteiger charge is 2.31. The lowest BCUT2D eigenvalue weighted by Crippen LogP contribution is -1.93. The van der Waals surface area contributed by atoms with Gasteiger partial charge in [0.1, 0.15) is 0 Å². The first-order valence-electron chi connectivity index (χ1n) is 18.4. The molecular weight excluding hydrogens is 655 g/mol. The molecule has 0 bridgehead atoms. The number of fused-ring (bicyclic) bond motifs is 5. The van der Waals surface area contributed by atoms with Crippen LogP contribution in [0.15, 0.2) is 188 Å². The monoisotopic (exact) mass is 685 g/mol. The molecule has 0 saturated heterocycles. The van der Waals surface area contributed by atoms with Gasteiger partial charge in [-0.15, -0.1) is 0 Å².